The molecule has 0 saturated heterocycles. The molecule has 31 heavy (non-hydrogen) atoms. The molecule has 0 amide bonds. The Morgan fingerprint density at radius 3 is 2.13 bits per heavy atom. The summed E-state index contributed by atoms with van der Waals surface area (Å²) in [6, 6.07) is 11.0. The normalized spacial score (nSPS) is 13.1. The van der Waals surface area contributed by atoms with Crippen molar-refractivity contribution in [1.29, 1.82) is 0 Å². The standard InChI is InChI=1S/C25H37NOP.2ClH.Ti/c1-10-26-17(3)19-13-11-12-16(2)23(19)28-21-15-18(24(4,5)6)14-20(22(21)27)25(7,8)9;;;/h11-15,17,27-28H,10H2,1-9H3;2*1H;/q-1;;;+2/p-2. The Kier molecular flexibility index (Phi) is 11.6. The van der Waals surface area contributed by atoms with Crippen molar-refractivity contribution < 1.29 is 22.1 Å². The van der Waals surface area contributed by atoms with Crippen molar-refractivity contribution in [2.45, 2.75) is 79.2 Å². The van der Waals surface area contributed by atoms with Crippen LogP contribution in [0.1, 0.15) is 83.7 Å². The number of hydrogen-bond acceptors (Lipinski definition) is 1. The first kappa shape index (κ1) is 29.0. The summed E-state index contributed by atoms with van der Waals surface area (Å²) in [5, 5.41) is 18.3. The van der Waals surface area contributed by atoms with Crippen LogP contribution in [0.5, 0.6) is 5.75 Å². The van der Waals surface area contributed by atoms with E-state index in [0.717, 1.165) is 17.4 Å². The quantitative estimate of drug-likeness (QED) is 0.319. The number of nitrogens with zero attached hydrogens (tertiary/aromatic N) is 1. The second-order valence-electron chi connectivity index (χ2n) is 9.83. The van der Waals surface area contributed by atoms with Gasteiger partial charge in [-0.25, -0.2) is 0 Å². The third kappa shape index (κ3) is 8.33. The van der Waals surface area contributed by atoms with Gasteiger partial charge in [0, 0.05) is 10.9 Å². The van der Waals surface area contributed by atoms with E-state index in [1.165, 1.54) is 22.0 Å². The monoisotopic (exact) mass is 516 g/mol. The van der Waals surface area contributed by atoms with Crippen LogP contribution in [0.2, 0.25) is 0 Å². The van der Waals surface area contributed by atoms with Gasteiger partial charge in [-0.15, -0.1) is 6.04 Å². The zero-order chi connectivity index (χ0) is 24.0. The summed E-state index contributed by atoms with van der Waals surface area (Å²) in [6.45, 7) is 20.5. The Hall–Kier alpha value is -0.0757. The molecule has 0 aliphatic carbocycles. The Morgan fingerprint density at radius 2 is 1.65 bits per heavy atom. The molecule has 2 unspecified atom stereocenters. The van der Waals surface area contributed by atoms with Crippen molar-refractivity contribution in [3.8, 4) is 5.75 Å². The van der Waals surface area contributed by atoms with Crippen LogP contribution in [0, 0.1) is 6.92 Å². The second-order valence-corrected chi connectivity index (χ2v) is 13.7. The number of halogens is 2. The Balaban J connectivity index is 0.00000151. The van der Waals surface area contributed by atoms with E-state index in [1.54, 1.807) is 0 Å². The van der Waals surface area contributed by atoms with Gasteiger partial charge in [-0.2, -0.15) is 6.54 Å². The molecule has 0 fully saturated rings. The molecule has 0 aliphatic heterocycles. The van der Waals surface area contributed by atoms with Crippen molar-refractivity contribution in [2.75, 3.05) is 6.54 Å². The van der Waals surface area contributed by atoms with Crippen molar-refractivity contribution in [2.24, 2.45) is 0 Å². The Morgan fingerprint density at radius 1 is 1.06 bits per heavy atom. The molecule has 6 heteroatoms. The molecule has 0 aliphatic rings. The SMILES string of the molecule is CC[N-]C(C)c1cccc(C)c1Pc1cc(C(C)(C)C)cc(C(C)(C)C)c1O.[Cl][Ti][Cl]. The third-order valence-corrected chi connectivity index (χ3v) is 6.84. The molecule has 2 rings (SSSR count). The van der Waals surface area contributed by atoms with E-state index in [4.69, 9.17) is 23.9 Å². The number of hydrogen-bond donors (Lipinski definition) is 1. The average Bonchev–Trinajstić information content (AvgIpc) is 2.63. The van der Waals surface area contributed by atoms with Crippen LogP contribution in [0.15, 0.2) is 30.3 Å². The number of phenolic OH excluding ortho intramolecular Hbond substituents is 1. The van der Waals surface area contributed by atoms with Gasteiger partial charge in [0.2, 0.25) is 0 Å². The van der Waals surface area contributed by atoms with Crippen LogP contribution in [-0.4, -0.2) is 11.7 Å². The topological polar surface area (TPSA) is 34.3 Å². The Bertz CT molecular complexity index is 860. The van der Waals surface area contributed by atoms with Gasteiger partial charge in [0.25, 0.3) is 0 Å². The Labute approximate surface area is 208 Å². The van der Waals surface area contributed by atoms with E-state index in [0.29, 0.717) is 14.3 Å². The number of aryl methyl sites for hydroxylation is 1. The minimum absolute atomic E-state index is 0.0341. The maximum atomic E-state index is 11.2. The summed E-state index contributed by atoms with van der Waals surface area (Å²) in [4.78, 5) is 0. The molecule has 0 bridgehead atoms. The fourth-order valence-corrected chi connectivity index (χ4v) is 4.92. The van der Waals surface area contributed by atoms with Gasteiger partial charge in [0.05, 0.1) is 0 Å². The van der Waals surface area contributed by atoms with Crippen LogP contribution in [0.4, 0.5) is 0 Å². The average molecular weight is 517 g/mol. The molecular weight excluding hydrogens is 480 g/mol. The molecular formula is C25H37Cl2NOPTi-. The van der Waals surface area contributed by atoms with Gasteiger partial charge in [0.1, 0.15) is 5.75 Å². The zero-order valence-electron chi connectivity index (χ0n) is 20.3. The molecule has 2 aromatic carbocycles. The molecule has 2 atom stereocenters. The first-order valence-electron chi connectivity index (χ1n) is 10.6. The third-order valence-electron chi connectivity index (χ3n) is 5.26. The van der Waals surface area contributed by atoms with Gasteiger partial charge in [-0.05, 0) is 40.3 Å². The van der Waals surface area contributed by atoms with Crippen molar-refractivity contribution in [3.05, 3.63) is 57.9 Å². The van der Waals surface area contributed by atoms with E-state index in [-0.39, 0.29) is 16.9 Å². The van der Waals surface area contributed by atoms with E-state index in [9.17, 15) is 5.11 Å². The summed E-state index contributed by atoms with van der Waals surface area (Å²) in [6.07, 6.45) is 0. The van der Waals surface area contributed by atoms with Gasteiger partial charge in [-0.1, -0.05) is 93.8 Å². The van der Waals surface area contributed by atoms with Crippen molar-refractivity contribution >= 4 is 37.8 Å². The molecule has 2 nitrogen and oxygen atoms in total. The van der Waals surface area contributed by atoms with Crippen LogP contribution in [0.25, 0.3) is 5.32 Å². The van der Waals surface area contributed by atoms with Crippen LogP contribution < -0.4 is 10.6 Å². The maximum absolute atomic E-state index is 11.2. The minimum atomic E-state index is -0.556. The summed E-state index contributed by atoms with van der Waals surface area (Å²) < 4.78 is 0. The van der Waals surface area contributed by atoms with Crippen LogP contribution in [0.3, 0.4) is 0 Å². The van der Waals surface area contributed by atoms with Crippen LogP contribution in [-0.2, 0) is 27.9 Å². The van der Waals surface area contributed by atoms with Crippen molar-refractivity contribution in [3.63, 3.8) is 0 Å². The molecule has 0 spiro atoms. The molecule has 0 aromatic heterocycles. The summed E-state index contributed by atoms with van der Waals surface area (Å²) in [7, 11) is 10.2. The molecule has 0 radical (unpaired) electrons. The van der Waals surface area contributed by atoms with Crippen LogP contribution >= 0.6 is 27.2 Å². The van der Waals surface area contributed by atoms with Gasteiger partial charge >= 0.3 is 35.6 Å². The fourth-order valence-electron chi connectivity index (χ4n) is 3.45. The van der Waals surface area contributed by atoms with Gasteiger partial charge < -0.3 is 10.4 Å². The summed E-state index contributed by atoms with van der Waals surface area (Å²) in [5.41, 5.74) is 4.78. The predicted molar refractivity (Wildman–Crippen MR) is 138 cm³/mol. The summed E-state index contributed by atoms with van der Waals surface area (Å²) >= 11 is -0.556. The van der Waals surface area contributed by atoms with Gasteiger partial charge in [-0.3, -0.25) is 0 Å². The molecule has 0 saturated carbocycles. The number of aromatic hydroxyl groups is 1. The number of benzene rings is 2. The van der Waals surface area contributed by atoms with E-state index >= 15 is 0 Å². The summed E-state index contributed by atoms with van der Waals surface area (Å²) in [5.74, 6) is 0.452. The molecule has 0 heterocycles. The zero-order valence-corrected chi connectivity index (χ0v) is 24.4. The molecule has 2 aromatic rings. The fraction of sp³-hybridized carbons (Fsp3) is 0.520. The molecule has 1 N–H and O–H groups in total. The number of phenols is 1. The van der Waals surface area contributed by atoms with E-state index in [1.807, 2.05) is 0 Å². The molecule has 172 valence electrons. The first-order valence-corrected chi connectivity index (χ1v) is 15.9. The second kappa shape index (κ2) is 12.4. The van der Waals surface area contributed by atoms with E-state index < -0.39 is 17.0 Å². The van der Waals surface area contributed by atoms with Crippen molar-refractivity contribution in [1.82, 2.24) is 0 Å². The predicted octanol–water partition coefficient (Wildman–Crippen LogP) is 7.76. The van der Waals surface area contributed by atoms with E-state index in [2.05, 4.69) is 92.6 Å². The first-order chi connectivity index (χ1) is 14.3. The van der Waals surface area contributed by atoms with Gasteiger partial charge in [0.15, 0.2) is 0 Å². The number of rotatable bonds is 5.